The molecule has 1 amide bonds. The highest BCUT2D eigenvalue weighted by Crippen LogP contribution is 2.40. The molecule has 0 atom stereocenters. The molecule has 0 saturated carbocycles. The third kappa shape index (κ3) is 6.97. The van der Waals surface area contributed by atoms with Crippen molar-refractivity contribution in [2.75, 3.05) is 20.8 Å². The molecule has 11 heteroatoms. The number of carbonyl (C=O) groups excluding carboxylic acids is 2. The first kappa shape index (κ1) is 29.0. The molecule has 0 spiro atoms. The van der Waals surface area contributed by atoms with Crippen LogP contribution >= 0.6 is 50.9 Å². The zero-order valence-electron chi connectivity index (χ0n) is 21.2. The van der Waals surface area contributed by atoms with Crippen LogP contribution in [0.3, 0.4) is 0 Å². The quantitative estimate of drug-likeness (QED) is 0.183. The molecule has 0 unspecified atom stereocenters. The second kappa shape index (κ2) is 12.9. The van der Waals surface area contributed by atoms with E-state index in [4.69, 9.17) is 37.4 Å². The second-order valence-corrected chi connectivity index (χ2v) is 10.9. The van der Waals surface area contributed by atoms with Crippen molar-refractivity contribution in [3.05, 3.63) is 90.7 Å². The number of carbonyl (C=O) groups is 2. The molecule has 0 N–H and O–H groups in total. The Morgan fingerprint density at radius 1 is 1.10 bits per heavy atom. The van der Waals surface area contributed by atoms with Gasteiger partial charge in [0, 0.05) is 7.05 Å². The maximum atomic E-state index is 12.9. The lowest BCUT2D eigenvalue weighted by atomic mass is 10.1. The van der Waals surface area contributed by atoms with E-state index in [0.717, 1.165) is 11.1 Å². The molecule has 3 aromatic carbocycles. The normalized spacial score (nSPS) is 15.2. The third-order valence-corrected chi connectivity index (χ3v) is 7.91. The summed E-state index contributed by atoms with van der Waals surface area (Å²) in [5.41, 5.74) is 2.64. The number of hydrogen-bond acceptors (Lipinski definition) is 7. The van der Waals surface area contributed by atoms with Crippen molar-refractivity contribution < 1.29 is 23.8 Å². The number of amidine groups is 1. The van der Waals surface area contributed by atoms with Crippen LogP contribution in [0.15, 0.2) is 69.0 Å². The number of aliphatic imine (C=N–C) groups is 1. The number of halogens is 3. The van der Waals surface area contributed by atoms with Crippen LogP contribution in [0.5, 0.6) is 11.5 Å². The second-order valence-electron chi connectivity index (χ2n) is 8.21. The first-order valence-electron chi connectivity index (χ1n) is 11.7. The number of thioether (sulfide) groups is 1. The highest BCUT2D eigenvalue weighted by atomic mass is 79.9. The van der Waals surface area contributed by atoms with Crippen LogP contribution < -0.4 is 9.47 Å². The largest absolute Gasteiger partial charge is 0.493 e. The fourth-order valence-electron chi connectivity index (χ4n) is 3.55. The van der Waals surface area contributed by atoms with Gasteiger partial charge in [-0.15, -0.1) is 0 Å². The molecule has 0 aromatic heterocycles. The molecule has 1 heterocycles. The summed E-state index contributed by atoms with van der Waals surface area (Å²) in [6, 6.07) is 15.6. The minimum absolute atomic E-state index is 0.183. The first-order chi connectivity index (χ1) is 18.7. The van der Waals surface area contributed by atoms with Crippen LogP contribution in [0.25, 0.3) is 6.08 Å². The molecule has 202 valence electrons. The predicted octanol–water partition coefficient (Wildman–Crippen LogP) is 7.75. The first-order valence-corrected chi connectivity index (χ1v) is 14.0. The Hall–Kier alpha value is -2.98. The maximum absolute atomic E-state index is 12.9. The Balaban J connectivity index is 1.52. The number of esters is 1. The predicted molar refractivity (Wildman–Crippen MR) is 159 cm³/mol. The van der Waals surface area contributed by atoms with Crippen molar-refractivity contribution in [2.24, 2.45) is 4.99 Å². The molecule has 0 aliphatic carbocycles. The Morgan fingerprint density at radius 3 is 2.51 bits per heavy atom. The van der Waals surface area contributed by atoms with Gasteiger partial charge in [-0.25, -0.2) is 9.79 Å². The molecule has 0 bridgehead atoms. The van der Waals surface area contributed by atoms with Crippen LogP contribution in [-0.2, 0) is 16.1 Å². The van der Waals surface area contributed by atoms with Gasteiger partial charge in [-0.1, -0.05) is 29.3 Å². The van der Waals surface area contributed by atoms with Crippen LogP contribution in [0.1, 0.15) is 28.4 Å². The van der Waals surface area contributed by atoms with Crippen molar-refractivity contribution in [3.8, 4) is 11.5 Å². The standard InChI is InChI=1S/C28H23BrCl2N2O5S/c1-4-37-27(35)18-6-8-19(9-7-18)32-28-33(2)26(34)24(39-28)14-17-11-20(29)25(23(13-17)36-3)38-15-16-5-10-21(30)22(31)12-16/h5-14H,4,15H2,1-3H3. The minimum atomic E-state index is -0.392. The highest BCUT2D eigenvalue weighted by molar-refractivity contribution is 9.10. The van der Waals surface area contributed by atoms with Crippen molar-refractivity contribution in [3.63, 3.8) is 0 Å². The molecule has 4 rings (SSSR count). The topological polar surface area (TPSA) is 77.4 Å². The number of nitrogens with zero attached hydrogens (tertiary/aromatic N) is 2. The number of benzene rings is 3. The van der Waals surface area contributed by atoms with E-state index in [1.54, 1.807) is 69.6 Å². The average Bonchev–Trinajstić information content (AvgIpc) is 3.17. The molecule has 39 heavy (non-hydrogen) atoms. The van der Waals surface area contributed by atoms with E-state index < -0.39 is 5.97 Å². The zero-order valence-corrected chi connectivity index (χ0v) is 25.1. The Labute approximate surface area is 248 Å². The summed E-state index contributed by atoms with van der Waals surface area (Å²) >= 11 is 16.9. The number of rotatable bonds is 8. The summed E-state index contributed by atoms with van der Waals surface area (Å²) in [5, 5.41) is 1.44. The fourth-order valence-corrected chi connectivity index (χ4v) is 5.43. The number of ether oxygens (including phenoxy) is 3. The average molecular weight is 650 g/mol. The minimum Gasteiger partial charge on any atom is -0.493 e. The molecule has 3 aromatic rings. The molecular formula is C28H23BrCl2N2O5S. The number of amides is 1. The summed E-state index contributed by atoms with van der Waals surface area (Å²) in [6.45, 7) is 2.31. The monoisotopic (exact) mass is 648 g/mol. The molecule has 1 fully saturated rings. The Kier molecular flexibility index (Phi) is 9.61. The third-order valence-electron chi connectivity index (χ3n) is 5.52. The van der Waals surface area contributed by atoms with E-state index in [2.05, 4.69) is 20.9 Å². The number of methoxy groups -OCH3 is 1. The summed E-state index contributed by atoms with van der Waals surface area (Å²) < 4.78 is 17.2. The van der Waals surface area contributed by atoms with E-state index in [9.17, 15) is 9.59 Å². The maximum Gasteiger partial charge on any atom is 0.338 e. The number of likely N-dealkylation sites (N-methyl/N-ethyl adjacent to an activating group) is 1. The van der Waals surface area contributed by atoms with Gasteiger partial charge in [0.25, 0.3) is 5.91 Å². The molecule has 0 radical (unpaired) electrons. The summed E-state index contributed by atoms with van der Waals surface area (Å²) in [6.07, 6.45) is 1.77. The van der Waals surface area contributed by atoms with E-state index in [1.807, 2.05) is 12.1 Å². The zero-order chi connectivity index (χ0) is 28.1. The van der Waals surface area contributed by atoms with Gasteiger partial charge < -0.3 is 14.2 Å². The van der Waals surface area contributed by atoms with Gasteiger partial charge >= 0.3 is 5.97 Å². The van der Waals surface area contributed by atoms with Gasteiger partial charge in [0.15, 0.2) is 16.7 Å². The van der Waals surface area contributed by atoms with Crippen LogP contribution in [0.2, 0.25) is 10.0 Å². The van der Waals surface area contributed by atoms with Crippen molar-refractivity contribution >= 4 is 79.7 Å². The van der Waals surface area contributed by atoms with Gasteiger partial charge in [-0.3, -0.25) is 9.69 Å². The van der Waals surface area contributed by atoms with E-state index in [-0.39, 0.29) is 12.5 Å². The van der Waals surface area contributed by atoms with E-state index in [0.29, 0.717) is 53.9 Å². The van der Waals surface area contributed by atoms with Gasteiger partial charge in [0.2, 0.25) is 0 Å². The van der Waals surface area contributed by atoms with Crippen LogP contribution in [0.4, 0.5) is 5.69 Å². The summed E-state index contributed by atoms with van der Waals surface area (Å²) in [5.74, 6) is 0.436. The highest BCUT2D eigenvalue weighted by Gasteiger charge is 2.30. The molecule has 1 saturated heterocycles. The lowest BCUT2D eigenvalue weighted by molar-refractivity contribution is -0.121. The van der Waals surface area contributed by atoms with Gasteiger partial charge in [0.1, 0.15) is 6.61 Å². The summed E-state index contributed by atoms with van der Waals surface area (Å²) in [4.78, 5) is 31.4. The van der Waals surface area contributed by atoms with Gasteiger partial charge in [0.05, 0.1) is 44.4 Å². The number of hydrogen-bond donors (Lipinski definition) is 0. The van der Waals surface area contributed by atoms with Crippen LogP contribution in [-0.4, -0.2) is 42.7 Å². The Morgan fingerprint density at radius 2 is 1.85 bits per heavy atom. The SMILES string of the molecule is CCOC(=O)c1ccc(N=C2SC(=Cc3cc(Br)c(OCc4ccc(Cl)c(Cl)c4)c(OC)c3)C(=O)N2C)cc1. The molecule has 7 nitrogen and oxygen atoms in total. The fraction of sp³-hybridized carbons (Fsp3) is 0.179. The van der Waals surface area contributed by atoms with Crippen LogP contribution in [0, 0.1) is 0 Å². The van der Waals surface area contributed by atoms with E-state index >= 15 is 0 Å². The van der Waals surface area contributed by atoms with Crippen molar-refractivity contribution in [1.82, 2.24) is 4.90 Å². The molecule has 1 aliphatic heterocycles. The van der Waals surface area contributed by atoms with E-state index in [1.165, 1.54) is 16.7 Å². The van der Waals surface area contributed by atoms with Crippen molar-refractivity contribution in [2.45, 2.75) is 13.5 Å². The smallest absolute Gasteiger partial charge is 0.338 e. The molecule has 1 aliphatic rings. The Bertz CT molecular complexity index is 1480. The lowest BCUT2D eigenvalue weighted by Gasteiger charge is -2.14. The molecular weight excluding hydrogens is 627 g/mol. The summed E-state index contributed by atoms with van der Waals surface area (Å²) in [7, 11) is 3.21. The van der Waals surface area contributed by atoms with Gasteiger partial charge in [-0.05, 0) is 100 Å². The van der Waals surface area contributed by atoms with Gasteiger partial charge in [-0.2, -0.15) is 0 Å². The van der Waals surface area contributed by atoms with Crippen molar-refractivity contribution in [1.29, 1.82) is 0 Å². The lowest BCUT2D eigenvalue weighted by Crippen LogP contribution is -2.23.